The van der Waals surface area contributed by atoms with Crippen LogP contribution in [-0.2, 0) is 9.63 Å². The van der Waals surface area contributed by atoms with E-state index in [0.717, 1.165) is 0 Å². The lowest BCUT2D eigenvalue weighted by Crippen LogP contribution is -2.29. The second kappa shape index (κ2) is 9.09. The van der Waals surface area contributed by atoms with Gasteiger partial charge >= 0.3 is 0 Å². The Hall–Kier alpha value is -1.32. The molecule has 0 bridgehead atoms. The molecular formula is C19H31NO3. The predicted molar refractivity (Wildman–Crippen MR) is 92.5 cm³/mol. The number of carbonyl (C=O) groups excluding carboxylic acids is 1. The standard InChI is InChI=1S/C19H31NO3/c1-3-16(20-23-4-2)19-17(21)12-15(13-18(19)22)14-10-8-6-5-7-9-11-14/h14-15,21H,3-13H2,1-2H3/b20-16+. The average molecular weight is 321 g/mol. The summed E-state index contributed by atoms with van der Waals surface area (Å²) in [7, 11) is 0. The van der Waals surface area contributed by atoms with Gasteiger partial charge < -0.3 is 9.94 Å². The minimum atomic E-state index is 0.0427. The van der Waals surface area contributed by atoms with E-state index in [1.807, 2.05) is 13.8 Å². The fraction of sp³-hybridized carbons (Fsp3) is 0.789. The molecule has 0 radical (unpaired) electrons. The fourth-order valence-electron chi connectivity index (χ4n) is 3.97. The molecule has 0 amide bonds. The number of aliphatic hydroxyl groups is 1. The highest BCUT2D eigenvalue weighted by molar-refractivity contribution is 6.22. The molecule has 2 aliphatic carbocycles. The molecule has 4 nitrogen and oxygen atoms in total. The van der Waals surface area contributed by atoms with Gasteiger partial charge in [-0.25, -0.2) is 0 Å². The van der Waals surface area contributed by atoms with Crippen molar-refractivity contribution >= 4 is 11.5 Å². The van der Waals surface area contributed by atoms with Crippen molar-refractivity contribution < 1.29 is 14.7 Å². The number of hydrogen-bond donors (Lipinski definition) is 1. The van der Waals surface area contributed by atoms with E-state index >= 15 is 0 Å². The molecule has 23 heavy (non-hydrogen) atoms. The first-order chi connectivity index (χ1) is 11.2. The maximum atomic E-state index is 12.6. The van der Waals surface area contributed by atoms with Crippen LogP contribution in [0.4, 0.5) is 0 Å². The highest BCUT2D eigenvalue weighted by Gasteiger charge is 2.34. The molecule has 0 heterocycles. The summed E-state index contributed by atoms with van der Waals surface area (Å²) < 4.78 is 0. The highest BCUT2D eigenvalue weighted by Crippen LogP contribution is 2.38. The van der Waals surface area contributed by atoms with Crippen LogP contribution in [0.15, 0.2) is 16.5 Å². The van der Waals surface area contributed by atoms with E-state index in [1.165, 1.54) is 44.9 Å². The van der Waals surface area contributed by atoms with Gasteiger partial charge in [0.2, 0.25) is 0 Å². The fourth-order valence-corrected chi connectivity index (χ4v) is 3.97. The van der Waals surface area contributed by atoms with Gasteiger partial charge in [0.25, 0.3) is 0 Å². The normalized spacial score (nSPS) is 25.2. The molecule has 1 N–H and O–H groups in total. The number of oxime groups is 1. The average Bonchev–Trinajstić information content (AvgIpc) is 2.49. The molecule has 0 aromatic heterocycles. The Morgan fingerprint density at radius 2 is 1.74 bits per heavy atom. The monoisotopic (exact) mass is 321 g/mol. The van der Waals surface area contributed by atoms with Crippen molar-refractivity contribution in [2.75, 3.05) is 6.61 Å². The first kappa shape index (κ1) is 18.0. The Morgan fingerprint density at radius 3 is 2.30 bits per heavy atom. The van der Waals surface area contributed by atoms with Gasteiger partial charge in [0.05, 0.1) is 11.3 Å². The third-order valence-corrected chi connectivity index (χ3v) is 5.21. The van der Waals surface area contributed by atoms with Gasteiger partial charge in [0, 0.05) is 12.8 Å². The van der Waals surface area contributed by atoms with Crippen molar-refractivity contribution in [3.8, 4) is 0 Å². The highest BCUT2D eigenvalue weighted by atomic mass is 16.6. The summed E-state index contributed by atoms with van der Waals surface area (Å²) in [6, 6.07) is 0. The molecule has 0 spiro atoms. The maximum Gasteiger partial charge on any atom is 0.168 e. The van der Waals surface area contributed by atoms with Crippen molar-refractivity contribution in [2.45, 2.75) is 78.1 Å². The van der Waals surface area contributed by atoms with Crippen LogP contribution in [0.25, 0.3) is 0 Å². The molecule has 1 atom stereocenters. The Bertz CT molecular complexity index is 459. The number of ketones is 1. The molecule has 2 rings (SSSR count). The van der Waals surface area contributed by atoms with E-state index in [1.54, 1.807) is 0 Å². The zero-order valence-corrected chi connectivity index (χ0v) is 14.6. The lowest BCUT2D eigenvalue weighted by Gasteiger charge is -2.31. The SMILES string of the molecule is CCO/N=C(\CC)C1=C(O)CC(C2CCCCCCC2)CC1=O. The molecular weight excluding hydrogens is 290 g/mol. The summed E-state index contributed by atoms with van der Waals surface area (Å²) in [6.07, 6.45) is 10.7. The van der Waals surface area contributed by atoms with E-state index in [4.69, 9.17) is 4.84 Å². The zero-order valence-electron chi connectivity index (χ0n) is 14.6. The van der Waals surface area contributed by atoms with Crippen LogP contribution in [0.3, 0.4) is 0 Å². The number of rotatable bonds is 5. The van der Waals surface area contributed by atoms with Crippen LogP contribution < -0.4 is 0 Å². The minimum absolute atomic E-state index is 0.0427. The number of Topliss-reactive ketones (excluding diaryl/α,β-unsaturated/α-hetero) is 1. The Morgan fingerprint density at radius 1 is 1.09 bits per heavy atom. The summed E-state index contributed by atoms with van der Waals surface area (Å²) >= 11 is 0. The lowest BCUT2D eigenvalue weighted by molar-refractivity contribution is -0.117. The second-order valence-electron chi connectivity index (χ2n) is 6.83. The topological polar surface area (TPSA) is 58.9 Å². The largest absolute Gasteiger partial charge is 0.511 e. The van der Waals surface area contributed by atoms with Crippen molar-refractivity contribution in [1.82, 2.24) is 0 Å². The summed E-state index contributed by atoms with van der Waals surface area (Å²) in [5.74, 6) is 1.15. The van der Waals surface area contributed by atoms with Crippen LogP contribution in [-0.4, -0.2) is 23.2 Å². The molecule has 1 fully saturated rings. The number of nitrogens with zero attached hydrogens (tertiary/aromatic N) is 1. The molecule has 130 valence electrons. The predicted octanol–water partition coefficient (Wildman–Crippen LogP) is 4.94. The second-order valence-corrected chi connectivity index (χ2v) is 6.83. The first-order valence-corrected chi connectivity index (χ1v) is 9.31. The van der Waals surface area contributed by atoms with Crippen LogP contribution in [0.2, 0.25) is 0 Å². The first-order valence-electron chi connectivity index (χ1n) is 9.31. The summed E-state index contributed by atoms with van der Waals surface area (Å²) in [5, 5.41) is 14.5. The number of allylic oxidation sites excluding steroid dienone is 2. The van der Waals surface area contributed by atoms with Gasteiger partial charge in [-0.15, -0.1) is 0 Å². The third kappa shape index (κ3) is 4.82. The van der Waals surface area contributed by atoms with E-state index in [-0.39, 0.29) is 11.5 Å². The summed E-state index contributed by atoms with van der Waals surface area (Å²) in [6.45, 7) is 4.26. The smallest absolute Gasteiger partial charge is 0.168 e. The van der Waals surface area contributed by atoms with Gasteiger partial charge in [-0.3, -0.25) is 4.79 Å². The Balaban J connectivity index is 2.11. The quantitative estimate of drug-likeness (QED) is 0.576. The van der Waals surface area contributed by atoms with Gasteiger partial charge in [-0.1, -0.05) is 57.0 Å². The van der Waals surface area contributed by atoms with Gasteiger partial charge in [0.15, 0.2) is 5.78 Å². The van der Waals surface area contributed by atoms with Crippen LogP contribution in [0.5, 0.6) is 0 Å². The van der Waals surface area contributed by atoms with Crippen molar-refractivity contribution in [3.05, 3.63) is 11.3 Å². The van der Waals surface area contributed by atoms with Gasteiger partial charge in [-0.2, -0.15) is 0 Å². The number of hydrogen-bond acceptors (Lipinski definition) is 4. The summed E-state index contributed by atoms with van der Waals surface area (Å²) in [5.41, 5.74) is 1.01. The molecule has 1 saturated carbocycles. The minimum Gasteiger partial charge on any atom is -0.511 e. The van der Waals surface area contributed by atoms with Crippen molar-refractivity contribution in [3.63, 3.8) is 0 Å². The number of carbonyl (C=O) groups is 1. The van der Waals surface area contributed by atoms with Crippen molar-refractivity contribution in [2.24, 2.45) is 17.0 Å². The zero-order chi connectivity index (χ0) is 16.7. The molecule has 2 aliphatic rings. The lowest BCUT2D eigenvalue weighted by atomic mass is 9.73. The van der Waals surface area contributed by atoms with E-state index < -0.39 is 0 Å². The van der Waals surface area contributed by atoms with Crippen molar-refractivity contribution in [1.29, 1.82) is 0 Å². The molecule has 4 heteroatoms. The Labute approximate surface area is 140 Å². The molecule has 0 saturated heterocycles. The van der Waals surface area contributed by atoms with Crippen LogP contribution >= 0.6 is 0 Å². The molecule has 1 unspecified atom stereocenters. The van der Waals surface area contributed by atoms with E-state index in [2.05, 4.69) is 5.16 Å². The number of aliphatic hydroxyl groups excluding tert-OH is 1. The molecule has 0 aromatic carbocycles. The molecule has 0 aromatic rings. The summed E-state index contributed by atoms with van der Waals surface area (Å²) in [4.78, 5) is 17.7. The Kier molecular flexibility index (Phi) is 7.13. The van der Waals surface area contributed by atoms with Crippen LogP contribution in [0.1, 0.15) is 78.1 Å². The van der Waals surface area contributed by atoms with Gasteiger partial charge in [-0.05, 0) is 25.2 Å². The van der Waals surface area contributed by atoms with Gasteiger partial charge in [0.1, 0.15) is 12.4 Å². The van der Waals surface area contributed by atoms with E-state index in [9.17, 15) is 9.90 Å². The molecule has 0 aliphatic heterocycles. The third-order valence-electron chi connectivity index (χ3n) is 5.21. The maximum absolute atomic E-state index is 12.6. The van der Waals surface area contributed by atoms with Crippen LogP contribution in [0, 0.1) is 11.8 Å². The van der Waals surface area contributed by atoms with E-state index in [0.29, 0.717) is 49.0 Å².